The average Bonchev–Trinajstić information content (AvgIpc) is 3.14. The fourth-order valence-electron chi connectivity index (χ4n) is 2.53. The topological polar surface area (TPSA) is 91.6 Å². The first-order valence-corrected chi connectivity index (χ1v) is 8.87. The van der Waals surface area contributed by atoms with Gasteiger partial charge in [0.05, 0.1) is 28.9 Å². The second-order valence-corrected chi connectivity index (χ2v) is 6.54. The van der Waals surface area contributed by atoms with Gasteiger partial charge in [-0.15, -0.1) is 11.3 Å². The van der Waals surface area contributed by atoms with Crippen LogP contribution in [-0.2, 0) is 11.3 Å². The van der Waals surface area contributed by atoms with Gasteiger partial charge in [0, 0.05) is 17.0 Å². The number of aromatic nitrogens is 1. The zero-order chi connectivity index (χ0) is 19.4. The molecule has 1 heterocycles. The Morgan fingerprint density at radius 2 is 2.04 bits per heavy atom. The third-order valence-corrected chi connectivity index (χ3v) is 4.79. The molecule has 1 aromatic heterocycles. The summed E-state index contributed by atoms with van der Waals surface area (Å²) in [6.45, 7) is 1.59. The van der Waals surface area contributed by atoms with E-state index in [1.54, 1.807) is 14.0 Å². The third-order valence-electron chi connectivity index (χ3n) is 3.87. The van der Waals surface area contributed by atoms with Crippen LogP contribution in [0.2, 0.25) is 0 Å². The van der Waals surface area contributed by atoms with Crippen molar-refractivity contribution in [1.29, 1.82) is 0 Å². The van der Waals surface area contributed by atoms with Crippen LogP contribution in [0.1, 0.15) is 21.6 Å². The number of methoxy groups -OCH3 is 1. The van der Waals surface area contributed by atoms with E-state index in [9.17, 15) is 14.9 Å². The number of carbonyl (C=O) groups excluding carboxylic acids is 1. The van der Waals surface area contributed by atoms with Crippen LogP contribution >= 0.6 is 11.3 Å². The predicted molar refractivity (Wildman–Crippen MR) is 101 cm³/mol. The van der Waals surface area contributed by atoms with E-state index in [4.69, 9.17) is 9.47 Å². The van der Waals surface area contributed by atoms with Gasteiger partial charge in [0.25, 0.3) is 5.69 Å². The molecule has 0 saturated carbocycles. The van der Waals surface area contributed by atoms with Gasteiger partial charge in [0.1, 0.15) is 17.4 Å². The molecule has 3 aromatic rings. The lowest BCUT2D eigenvalue weighted by molar-refractivity contribution is -0.385. The molecule has 2 aromatic carbocycles. The number of thiazole rings is 1. The largest absolute Gasteiger partial charge is 0.496 e. The molecule has 0 radical (unpaired) electrons. The summed E-state index contributed by atoms with van der Waals surface area (Å²) in [6.07, 6.45) is 0. The summed E-state index contributed by atoms with van der Waals surface area (Å²) in [7, 11) is 1.60. The van der Waals surface area contributed by atoms with Gasteiger partial charge in [0.15, 0.2) is 0 Å². The molecule has 27 heavy (non-hydrogen) atoms. The number of ether oxygens (including phenoxy) is 2. The molecular formula is C19H16N2O5S. The number of hydrogen-bond acceptors (Lipinski definition) is 7. The normalized spacial score (nSPS) is 10.4. The first kappa shape index (κ1) is 18.5. The van der Waals surface area contributed by atoms with Gasteiger partial charge in [-0.1, -0.05) is 12.1 Å². The minimum atomic E-state index is -0.556. The standard InChI is InChI=1S/C19H16N2O5S/c1-12-9-13(7-8-16(12)21(23)24)19(22)26-10-14-11-27-18(20-14)15-5-3-4-6-17(15)25-2/h3-9,11H,10H2,1-2H3. The quantitative estimate of drug-likeness (QED) is 0.355. The Hall–Kier alpha value is -3.26. The van der Waals surface area contributed by atoms with Crippen LogP contribution < -0.4 is 4.74 Å². The van der Waals surface area contributed by atoms with E-state index in [0.29, 0.717) is 11.3 Å². The number of carbonyl (C=O) groups is 1. The van der Waals surface area contributed by atoms with Crippen LogP contribution in [0.15, 0.2) is 47.8 Å². The molecule has 0 aliphatic carbocycles. The molecular weight excluding hydrogens is 368 g/mol. The fraction of sp³-hybridized carbons (Fsp3) is 0.158. The monoisotopic (exact) mass is 384 g/mol. The van der Waals surface area contributed by atoms with Crippen LogP contribution in [0.4, 0.5) is 5.69 Å². The van der Waals surface area contributed by atoms with Crippen LogP contribution in [-0.4, -0.2) is 23.0 Å². The first-order valence-electron chi connectivity index (χ1n) is 7.99. The van der Waals surface area contributed by atoms with Gasteiger partial charge in [-0.25, -0.2) is 9.78 Å². The summed E-state index contributed by atoms with van der Waals surface area (Å²) in [5.41, 5.74) is 2.12. The summed E-state index contributed by atoms with van der Waals surface area (Å²) in [4.78, 5) is 27.0. The van der Waals surface area contributed by atoms with Crippen LogP contribution in [0.3, 0.4) is 0 Å². The Kier molecular flexibility index (Phi) is 5.46. The summed E-state index contributed by atoms with van der Waals surface area (Å²) < 4.78 is 10.6. The number of para-hydroxylation sites is 1. The Bertz CT molecular complexity index is 999. The second-order valence-electron chi connectivity index (χ2n) is 5.68. The van der Waals surface area contributed by atoms with E-state index in [-0.39, 0.29) is 17.9 Å². The Morgan fingerprint density at radius 3 is 2.74 bits per heavy atom. The molecule has 0 N–H and O–H groups in total. The Balaban J connectivity index is 1.69. The average molecular weight is 384 g/mol. The van der Waals surface area contributed by atoms with Crippen molar-refractivity contribution >= 4 is 23.0 Å². The maximum absolute atomic E-state index is 12.2. The number of nitro benzene ring substituents is 1. The number of hydrogen-bond donors (Lipinski definition) is 0. The van der Waals surface area contributed by atoms with Crippen molar-refractivity contribution < 1.29 is 19.2 Å². The van der Waals surface area contributed by atoms with Crippen LogP contribution in [0.25, 0.3) is 10.6 Å². The van der Waals surface area contributed by atoms with Gasteiger partial charge >= 0.3 is 5.97 Å². The van der Waals surface area contributed by atoms with E-state index in [0.717, 1.165) is 16.3 Å². The Morgan fingerprint density at radius 1 is 1.26 bits per heavy atom. The van der Waals surface area contributed by atoms with E-state index in [2.05, 4.69) is 4.98 Å². The zero-order valence-electron chi connectivity index (χ0n) is 14.7. The van der Waals surface area contributed by atoms with Crippen molar-refractivity contribution in [3.05, 3.63) is 74.8 Å². The van der Waals surface area contributed by atoms with E-state index in [1.807, 2.05) is 29.6 Å². The molecule has 3 rings (SSSR count). The number of aryl methyl sites for hydroxylation is 1. The minimum Gasteiger partial charge on any atom is -0.496 e. The molecule has 0 unspecified atom stereocenters. The lowest BCUT2D eigenvalue weighted by atomic mass is 10.1. The van der Waals surface area contributed by atoms with Crippen molar-refractivity contribution in [2.24, 2.45) is 0 Å². The molecule has 0 bridgehead atoms. The van der Waals surface area contributed by atoms with Gasteiger partial charge in [0.2, 0.25) is 0 Å². The van der Waals surface area contributed by atoms with E-state index in [1.165, 1.54) is 29.5 Å². The highest BCUT2D eigenvalue weighted by Gasteiger charge is 2.16. The van der Waals surface area contributed by atoms with Crippen molar-refractivity contribution in [2.75, 3.05) is 7.11 Å². The molecule has 0 atom stereocenters. The molecule has 0 saturated heterocycles. The third kappa shape index (κ3) is 4.12. The number of rotatable bonds is 6. The van der Waals surface area contributed by atoms with Gasteiger partial charge in [-0.3, -0.25) is 10.1 Å². The second kappa shape index (κ2) is 7.96. The highest BCUT2D eigenvalue weighted by atomic mass is 32.1. The molecule has 7 nitrogen and oxygen atoms in total. The molecule has 0 aliphatic rings. The smallest absolute Gasteiger partial charge is 0.338 e. The van der Waals surface area contributed by atoms with Crippen molar-refractivity contribution in [1.82, 2.24) is 4.98 Å². The summed E-state index contributed by atoms with van der Waals surface area (Å²) in [6, 6.07) is 11.7. The van der Waals surface area contributed by atoms with E-state index >= 15 is 0 Å². The fourth-order valence-corrected chi connectivity index (χ4v) is 3.36. The summed E-state index contributed by atoms with van der Waals surface area (Å²) in [5.74, 6) is 0.164. The lowest BCUT2D eigenvalue weighted by Gasteiger charge is -2.05. The van der Waals surface area contributed by atoms with Crippen LogP contribution in [0.5, 0.6) is 5.75 Å². The zero-order valence-corrected chi connectivity index (χ0v) is 15.5. The SMILES string of the molecule is COc1ccccc1-c1nc(COC(=O)c2ccc([N+](=O)[O-])c(C)c2)cs1. The number of benzene rings is 2. The number of nitro groups is 1. The summed E-state index contributed by atoms with van der Waals surface area (Å²) in [5, 5.41) is 13.4. The van der Waals surface area contributed by atoms with Crippen molar-refractivity contribution in [2.45, 2.75) is 13.5 Å². The predicted octanol–water partition coefficient (Wildman–Crippen LogP) is 4.39. The first-order chi connectivity index (χ1) is 13.0. The summed E-state index contributed by atoms with van der Waals surface area (Å²) >= 11 is 1.43. The maximum atomic E-state index is 12.2. The minimum absolute atomic E-state index is 0.0144. The Labute approximate surface area is 159 Å². The molecule has 0 amide bonds. The van der Waals surface area contributed by atoms with Gasteiger partial charge in [-0.2, -0.15) is 0 Å². The lowest BCUT2D eigenvalue weighted by Crippen LogP contribution is -2.06. The molecule has 8 heteroatoms. The van der Waals surface area contributed by atoms with E-state index < -0.39 is 10.9 Å². The highest BCUT2D eigenvalue weighted by Crippen LogP contribution is 2.32. The van der Waals surface area contributed by atoms with Crippen molar-refractivity contribution in [3.63, 3.8) is 0 Å². The van der Waals surface area contributed by atoms with Crippen molar-refractivity contribution in [3.8, 4) is 16.3 Å². The molecule has 0 aliphatic heterocycles. The highest BCUT2D eigenvalue weighted by molar-refractivity contribution is 7.13. The van der Waals surface area contributed by atoms with Crippen LogP contribution in [0, 0.1) is 17.0 Å². The van der Waals surface area contributed by atoms with Gasteiger partial charge < -0.3 is 9.47 Å². The molecule has 0 fully saturated rings. The number of esters is 1. The maximum Gasteiger partial charge on any atom is 0.338 e. The molecule has 138 valence electrons. The van der Waals surface area contributed by atoms with Gasteiger partial charge in [-0.05, 0) is 31.2 Å². The number of nitrogens with zero attached hydrogens (tertiary/aromatic N) is 2. The molecule has 0 spiro atoms.